The summed E-state index contributed by atoms with van der Waals surface area (Å²) in [7, 11) is 0. The van der Waals surface area contributed by atoms with Crippen molar-refractivity contribution in [2.45, 2.75) is 19.8 Å². The van der Waals surface area contributed by atoms with Crippen molar-refractivity contribution in [2.24, 2.45) is 5.73 Å². The summed E-state index contributed by atoms with van der Waals surface area (Å²) in [5, 5.41) is 0. The Balaban J connectivity index is 3.03. The molecule has 0 aliphatic rings. The molecule has 14 heteroatoms. The van der Waals surface area contributed by atoms with E-state index < -0.39 is 0 Å². The van der Waals surface area contributed by atoms with Crippen LogP contribution in [-0.2, 0) is 61.6 Å². The molecule has 2 N–H and O–H groups in total. The monoisotopic (exact) mass is 645 g/mol. The molecular formula is C30H63NO13. The summed E-state index contributed by atoms with van der Waals surface area (Å²) in [6.45, 7) is 16.9. The fraction of sp³-hybridized carbons (Fsp3) is 1.00. The highest BCUT2D eigenvalue weighted by molar-refractivity contribution is 4.40. The van der Waals surface area contributed by atoms with Gasteiger partial charge in [0.2, 0.25) is 0 Å². The van der Waals surface area contributed by atoms with Gasteiger partial charge < -0.3 is 67.3 Å². The molecule has 0 heterocycles. The van der Waals surface area contributed by atoms with Crippen LogP contribution in [0.2, 0.25) is 0 Å². The van der Waals surface area contributed by atoms with E-state index >= 15 is 0 Å². The Morgan fingerprint density at radius 3 is 0.568 bits per heavy atom. The van der Waals surface area contributed by atoms with Gasteiger partial charge in [-0.1, -0.05) is 13.3 Å². The molecule has 0 unspecified atom stereocenters. The quantitative estimate of drug-likeness (QED) is 0.0942. The lowest BCUT2D eigenvalue weighted by molar-refractivity contribution is -0.0290. The number of hydrogen-bond donors (Lipinski definition) is 1. The summed E-state index contributed by atoms with van der Waals surface area (Å²) >= 11 is 0. The van der Waals surface area contributed by atoms with E-state index in [0.29, 0.717) is 172 Å². The average Bonchev–Trinajstić information content (AvgIpc) is 3.04. The molecule has 0 aromatic carbocycles. The zero-order valence-electron chi connectivity index (χ0n) is 27.4. The molecule has 266 valence electrons. The van der Waals surface area contributed by atoms with Crippen molar-refractivity contribution in [3.8, 4) is 0 Å². The Morgan fingerprint density at radius 2 is 0.409 bits per heavy atom. The van der Waals surface area contributed by atoms with Gasteiger partial charge in [-0.15, -0.1) is 0 Å². The summed E-state index contributed by atoms with van der Waals surface area (Å²) in [5.41, 5.74) is 5.33. The molecule has 0 aliphatic carbocycles. The van der Waals surface area contributed by atoms with Crippen molar-refractivity contribution in [3.05, 3.63) is 0 Å². The lowest BCUT2D eigenvalue weighted by Gasteiger charge is -2.09. The van der Waals surface area contributed by atoms with Crippen LogP contribution in [0.3, 0.4) is 0 Å². The van der Waals surface area contributed by atoms with E-state index in [4.69, 9.17) is 67.3 Å². The molecular weight excluding hydrogens is 582 g/mol. The number of unbranched alkanes of at least 4 members (excludes halogenated alkanes) is 1. The summed E-state index contributed by atoms with van der Waals surface area (Å²) in [4.78, 5) is 0. The van der Waals surface area contributed by atoms with Crippen molar-refractivity contribution in [2.75, 3.05) is 178 Å². The van der Waals surface area contributed by atoms with E-state index in [0.717, 1.165) is 19.4 Å². The summed E-state index contributed by atoms with van der Waals surface area (Å²) in [5.74, 6) is 0. The zero-order valence-corrected chi connectivity index (χ0v) is 27.4. The van der Waals surface area contributed by atoms with E-state index in [2.05, 4.69) is 6.92 Å². The highest BCUT2D eigenvalue weighted by Crippen LogP contribution is 1.89. The van der Waals surface area contributed by atoms with E-state index in [1.165, 1.54) is 0 Å². The van der Waals surface area contributed by atoms with Gasteiger partial charge >= 0.3 is 0 Å². The predicted molar refractivity (Wildman–Crippen MR) is 165 cm³/mol. The third kappa shape index (κ3) is 41.4. The van der Waals surface area contributed by atoms with Gasteiger partial charge in [0.1, 0.15) is 0 Å². The largest absolute Gasteiger partial charge is 0.379 e. The molecule has 0 atom stereocenters. The Morgan fingerprint density at radius 1 is 0.250 bits per heavy atom. The van der Waals surface area contributed by atoms with Gasteiger partial charge in [0.15, 0.2) is 0 Å². The second-order valence-corrected chi connectivity index (χ2v) is 9.10. The highest BCUT2D eigenvalue weighted by Gasteiger charge is 1.97. The first kappa shape index (κ1) is 43.4. The zero-order chi connectivity index (χ0) is 31.7. The fourth-order valence-electron chi connectivity index (χ4n) is 3.07. The van der Waals surface area contributed by atoms with E-state index in [1.54, 1.807) is 0 Å². The smallest absolute Gasteiger partial charge is 0.0701 e. The fourth-order valence-corrected chi connectivity index (χ4v) is 3.07. The molecule has 0 amide bonds. The van der Waals surface area contributed by atoms with Crippen LogP contribution in [0.1, 0.15) is 19.8 Å². The van der Waals surface area contributed by atoms with E-state index in [1.807, 2.05) is 0 Å². The summed E-state index contributed by atoms with van der Waals surface area (Å²) in [6.07, 6.45) is 2.24. The molecule has 0 aromatic rings. The molecule has 44 heavy (non-hydrogen) atoms. The maximum absolute atomic E-state index is 5.48. The first-order chi connectivity index (χ1) is 21.9. The normalized spacial score (nSPS) is 11.6. The van der Waals surface area contributed by atoms with Crippen LogP contribution in [0.15, 0.2) is 0 Å². The molecule has 0 radical (unpaired) electrons. The second kappa shape index (κ2) is 42.4. The van der Waals surface area contributed by atoms with Gasteiger partial charge in [-0.3, -0.25) is 0 Å². The van der Waals surface area contributed by atoms with Crippen LogP contribution in [0.4, 0.5) is 0 Å². The molecule has 0 rings (SSSR count). The third-order valence-corrected chi connectivity index (χ3v) is 5.37. The summed E-state index contributed by atoms with van der Waals surface area (Å²) in [6, 6.07) is 0. The maximum Gasteiger partial charge on any atom is 0.0701 e. The number of hydrogen-bond acceptors (Lipinski definition) is 14. The molecule has 0 spiro atoms. The standard InChI is InChI=1S/C30H63NO13/c1-2-3-5-32-7-9-34-11-13-36-15-17-38-19-21-40-23-25-42-27-29-44-30-28-43-26-24-41-22-20-39-18-16-37-14-12-35-10-8-33-6-4-31/h2-31H2,1H3. The topological polar surface area (TPSA) is 146 Å². The van der Waals surface area contributed by atoms with E-state index in [9.17, 15) is 0 Å². The Hall–Kier alpha value is -0.560. The molecule has 0 bridgehead atoms. The molecule has 0 saturated carbocycles. The maximum atomic E-state index is 5.48. The summed E-state index contributed by atoms with van der Waals surface area (Å²) < 4.78 is 70.6. The molecule has 0 aliphatic heterocycles. The molecule has 14 nitrogen and oxygen atoms in total. The van der Waals surface area contributed by atoms with Crippen molar-refractivity contribution < 1.29 is 61.6 Å². The van der Waals surface area contributed by atoms with Crippen LogP contribution in [-0.4, -0.2) is 178 Å². The lowest BCUT2D eigenvalue weighted by Crippen LogP contribution is -2.16. The Labute approximate surface area is 265 Å². The van der Waals surface area contributed by atoms with Gasteiger partial charge in [0.05, 0.1) is 165 Å². The van der Waals surface area contributed by atoms with Crippen LogP contribution in [0.5, 0.6) is 0 Å². The van der Waals surface area contributed by atoms with Gasteiger partial charge in [0.25, 0.3) is 0 Å². The minimum Gasteiger partial charge on any atom is -0.379 e. The van der Waals surface area contributed by atoms with Crippen molar-refractivity contribution in [1.29, 1.82) is 0 Å². The minimum absolute atomic E-state index is 0.512. The Bertz CT molecular complexity index is 456. The molecule has 0 saturated heterocycles. The van der Waals surface area contributed by atoms with E-state index in [-0.39, 0.29) is 0 Å². The SMILES string of the molecule is CCCCOCCOCCOCCOCCOCCOCCOCCOCCOCCOCCOCCOCCOCCN. The predicted octanol–water partition coefficient (Wildman–Crippen LogP) is 0.961. The van der Waals surface area contributed by atoms with Gasteiger partial charge in [-0.2, -0.15) is 0 Å². The second-order valence-electron chi connectivity index (χ2n) is 9.10. The first-order valence-electron chi connectivity index (χ1n) is 16.1. The van der Waals surface area contributed by atoms with Crippen molar-refractivity contribution >= 4 is 0 Å². The van der Waals surface area contributed by atoms with Gasteiger partial charge in [0, 0.05) is 13.2 Å². The Kier molecular flexibility index (Phi) is 41.9. The minimum atomic E-state index is 0.512. The molecule has 0 aromatic heterocycles. The number of ether oxygens (including phenoxy) is 13. The average molecular weight is 646 g/mol. The van der Waals surface area contributed by atoms with Crippen molar-refractivity contribution in [1.82, 2.24) is 0 Å². The van der Waals surface area contributed by atoms with Gasteiger partial charge in [-0.25, -0.2) is 0 Å². The van der Waals surface area contributed by atoms with Crippen LogP contribution in [0.25, 0.3) is 0 Å². The molecule has 0 fully saturated rings. The van der Waals surface area contributed by atoms with Crippen LogP contribution < -0.4 is 5.73 Å². The highest BCUT2D eigenvalue weighted by atomic mass is 16.6. The van der Waals surface area contributed by atoms with Gasteiger partial charge in [-0.05, 0) is 6.42 Å². The lowest BCUT2D eigenvalue weighted by atomic mass is 10.4. The van der Waals surface area contributed by atoms with Crippen molar-refractivity contribution in [3.63, 3.8) is 0 Å². The third-order valence-electron chi connectivity index (χ3n) is 5.37. The van der Waals surface area contributed by atoms with Crippen LogP contribution >= 0.6 is 0 Å². The number of nitrogens with two attached hydrogens (primary N) is 1. The number of rotatable bonds is 41. The first-order valence-corrected chi connectivity index (χ1v) is 16.1. The van der Waals surface area contributed by atoms with Crippen LogP contribution in [0, 0.1) is 0 Å².